The van der Waals surface area contributed by atoms with Gasteiger partial charge in [-0.2, -0.15) is 25.1 Å². The Morgan fingerprint density at radius 3 is 1.21 bits per heavy atom. The zero-order chi connectivity index (χ0) is 40.6. The third-order valence-electron chi connectivity index (χ3n) is 12.8. The highest BCUT2D eigenvalue weighted by atomic mass is 16.7. The Bertz CT molecular complexity index is 1220. The first-order valence-corrected chi connectivity index (χ1v) is 22.4. The molecule has 6 N–H and O–H groups in total. The summed E-state index contributed by atoms with van der Waals surface area (Å²) in [6.45, 7) is 20.2. The van der Waals surface area contributed by atoms with Gasteiger partial charge in [0.15, 0.2) is 0 Å². The Morgan fingerprint density at radius 1 is 0.536 bits per heavy atom. The highest BCUT2D eigenvalue weighted by Gasteiger charge is 2.49. The standard InChI is InChI=1S/C43H80N8O5/c1-40(2)27-31(28-41(3,4)50(40)55-35-21-11-9-19-33(35)53)17-13-15-23-44-37-47-38(49-39(48-37)46-25-26-52)45-24-16-14-18-32-29-42(5,6)51(43(7,8)30-32)56-36-22-12-10-20-34(36)54/h31-36,52-54H,9-30H2,1-8H3,(H3,44,45,46,47,48,49)/t33-,34-,35-,36-/m1/s1. The molecule has 2 aliphatic carbocycles. The molecule has 4 atom stereocenters. The highest BCUT2D eigenvalue weighted by Crippen LogP contribution is 2.46. The summed E-state index contributed by atoms with van der Waals surface area (Å²) in [4.78, 5) is 27.0. The molecule has 1 aromatic rings. The van der Waals surface area contributed by atoms with Gasteiger partial charge >= 0.3 is 0 Å². The Morgan fingerprint density at radius 2 is 0.875 bits per heavy atom. The molecule has 5 rings (SSSR count). The lowest BCUT2D eigenvalue weighted by Crippen LogP contribution is -2.62. The van der Waals surface area contributed by atoms with Gasteiger partial charge in [-0.1, -0.05) is 51.4 Å². The Balaban J connectivity index is 1.04. The first-order chi connectivity index (χ1) is 26.5. The molecule has 4 fully saturated rings. The number of nitrogens with zero attached hydrogens (tertiary/aromatic N) is 5. The van der Waals surface area contributed by atoms with E-state index >= 15 is 0 Å². The van der Waals surface area contributed by atoms with Crippen LogP contribution in [-0.4, -0.2) is 113 Å². The molecule has 0 unspecified atom stereocenters. The lowest BCUT2D eigenvalue weighted by Gasteiger charge is -2.55. The molecular weight excluding hydrogens is 709 g/mol. The van der Waals surface area contributed by atoms with Crippen LogP contribution in [0.15, 0.2) is 0 Å². The quantitative estimate of drug-likeness (QED) is 0.0769. The molecular formula is C43H80N8O5. The van der Waals surface area contributed by atoms with E-state index in [1.807, 2.05) is 0 Å². The number of aliphatic hydroxyl groups excluding tert-OH is 3. The molecule has 1 aromatic heterocycles. The monoisotopic (exact) mass is 789 g/mol. The molecule has 2 aliphatic heterocycles. The maximum absolute atomic E-state index is 10.6. The van der Waals surface area contributed by atoms with Crippen molar-refractivity contribution in [2.75, 3.05) is 42.2 Å². The number of aliphatic hydroxyl groups is 3. The number of anilines is 3. The van der Waals surface area contributed by atoms with Gasteiger partial charge in [-0.3, -0.25) is 9.68 Å². The van der Waals surface area contributed by atoms with Crippen molar-refractivity contribution in [3.63, 3.8) is 0 Å². The van der Waals surface area contributed by atoms with E-state index in [1.54, 1.807) is 0 Å². The minimum atomic E-state index is -0.367. The second-order valence-electron chi connectivity index (χ2n) is 20.2. The average Bonchev–Trinajstić information content (AvgIpc) is 3.11. The van der Waals surface area contributed by atoms with Crippen molar-refractivity contribution < 1.29 is 25.0 Å². The van der Waals surface area contributed by atoms with Crippen LogP contribution in [0.1, 0.15) is 171 Å². The first-order valence-electron chi connectivity index (χ1n) is 22.4. The summed E-state index contributed by atoms with van der Waals surface area (Å²) in [6.07, 6.45) is 17.9. The van der Waals surface area contributed by atoms with Gasteiger partial charge in [0.25, 0.3) is 0 Å². The molecule has 322 valence electrons. The van der Waals surface area contributed by atoms with Gasteiger partial charge in [0.1, 0.15) is 12.2 Å². The average molecular weight is 789 g/mol. The number of unbranched alkanes of at least 4 members (excludes halogenated alkanes) is 2. The lowest BCUT2D eigenvalue weighted by molar-refractivity contribution is -0.325. The third-order valence-corrected chi connectivity index (χ3v) is 12.8. The van der Waals surface area contributed by atoms with Crippen molar-refractivity contribution in [2.24, 2.45) is 11.8 Å². The van der Waals surface area contributed by atoms with E-state index in [0.717, 1.165) is 129 Å². The van der Waals surface area contributed by atoms with E-state index in [2.05, 4.69) is 91.4 Å². The molecule has 2 saturated heterocycles. The number of piperidine rings is 2. The maximum atomic E-state index is 10.6. The van der Waals surface area contributed by atoms with Crippen LogP contribution < -0.4 is 16.0 Å². The Labute approximate surface area is 338 Å². The van der Waals surface area contributed by atoms with Crippen molar-refractivity contribution in [1.82, 2.24) is 25.1 Å². The van der Waals surface area contributed by atoms with Gasteiger partial charge in [-0.15, -0.1) is 0 Å². The zero-order valence-electron chi connectivity index (χ0n) is 36.4. The van der Waals surface area contributed by atoms with Crippen LogP contribution in [0.2, 0.25) is 0 Å². The van der Waals surface area contributed by atoms with Crippen LogP contribution in [0.5, 0.6) is 0 Å². The fourth-order valence-electron chi connectivity index (χ4n) is 10.9. The smallest absolute Gasteiger partial charge is 0.229 e. The molecule has 56 heavy (non-hydrogen) atoms. The number of hydroxylamine groups is 4. The first kappa shape index (κ1) is 45.2. The normalized spacial score (nSPS) is 28.6. The van der Waals surface area contributed by atoms with Crippen LogP contribution in [0, 0.1) is 11.8 Å². The largest absolute Gasteiger partial charge is 0.395 e. The second kappa shape index (κ2) is 19.9. The van der Waals surface area contributed by atoms with Crippen LogP contribution in [-0.2, 0) is 9.68 Å². The molecule has 0 spiro atoms. The predicted octanol–water partition coefficient (Wildman–Crippen LogP) is 7.45. The predicted molar refractivity (Wildman–Crippen MR) is 224 cm³/mol. The van der Waals surface area contributed by atoms with Crippen molar-refractivity contribution in [3.8, 4) is 0 Å². The molecule has 0 radical (unpaired) electrons. The fraction of sp³-hybridized carbons (Fsp3) is 0.930. The molecule has 13 nitrogen and oxygen atoms in total. The van der Waals surface area contributed by atoms with Crippen LogP contribution >= 0.6 is 0 Å². The summed E-state index contributed by atoms with van der Waals surface area (Å²) in [5.74, 6) is 2.76. The van der Waals surface area contributed by atoms with Crippen molar-refractivity contribution >= 4 is 17.8 Å². The van der Waals surface area contributed by atoms with Gasteiger partial charge in [-0.05, 0) is 131 Å². The SMILES string of the molecule is CC1(C)CC(CCCCNc2nc(NCCO)nc(NCCCCC3CC(C)(C)N(O[C@@H]4CCCC[C@H]4O)C(C)(C)C3)n2)CC(C)(C)N1O[C@@H]1CCCC[C@H]1O. The molecule has 0 bridgehead atoms. The van der Waals surface area contributed by atoms with Gasteiger partial charge in [0.2, 0.25) is 17.8 Å². The van der Waals surface area contributed by atoms with Gasteiger partial charge in [0.05, 0.1) is 18.8 Å². The Hall–Kier alpha value is -1.87. The minimum Gasteiger partial charge on any atom is -0.395 e. The van der Waals surface area contributed by atoms with Gasteiger partial charge in [-0.25, -0.2) is 0 Å². The fourth-order valence-corrected chi connectivity index (χ4v) is 10.9. The number of aromatic nitrogens is 3. The van der Waals surface area contributed by atoms with E-state index in [9.17, 15) is 15.3 Å². The van der Waals surface area contributed by atoms with Gasteiger partial charge in [0, 0.05) is 41.8 Å². The number of rotatable bonds is 19. The van der Waals surface area contributed by atoms with Crippen molar-refractivity contribution in [3.05, 3.63) is 0 Å². The minimum absolute atomic E-state index is 0.000395. The van der Waals surface area contributed by atoms with E-state index in [1.165, 1.54) is 0 Å². The molecule has 3 heterocycles. The second-order valence-corrected chi connectivity index (χ2v) is 20.2. The molecule has 0 aromatic carbocycles. The van der Waals surface area contributed by atoms with E-state index in [4.69, 9.17) is 14.7 Å². The third kappa shape index (κ3) is 12.6. The molecule has 2 saturated carbocycles. The molecule has 0 amide bonds. The molecule has 4 aliphatic rings. The highest BCUT2D eigenvalue weighted by molar-refractivity contribution is 5.42. The lowest BCUT2D eigenvalue weighted by atomic mass is 9.73. The summed E-state index contributed by atoms with van der Waals surface area (Å²) in [7, 11) is 0. The van der Waals surface area contributed by atoms with E-state index in [0.29, 0.717) is 36.2 Å². The summed E-state index contributed by atoms with van der Waals surface area (Å²) < 4.78 is 0. The summed E-state index contributed by atoms with van der Waals surface area (Å²) in [5.41, 5.74) is -0.409. The van der Waals surface area contributed by atoms with Crippen LogP contribution in [0.4, 0.5) is 17.8 Å². The maximum Gasteiger partial charge on any atom is 0.229 e. The summed E-state index contributed by atoms with van der Waals surface area (Å²) in [5, 5.41) is 45.0. The van der Waals surface area contributed by atoms with Crippen molar-refractivity contribution in [2.45, 2.75) is 218 Å². The number of hydrogen-bond donors (Lipinski definition) is 6. The zero-order valence-corrected chi connectivity index (χ0v) is 36.4. The van der Waals surface area contributed by atoms with Crippen LogP contribution in [0.3, 0.4) is 0 Å². The van der Waals surface area contributed by atoms with Crippen LogP contribution in [0.25, 0.3) is 0 Å². The topological polar surface area (TPSA) is 160 Å². The van der Waals surface area contributed by atoms with E-state index in [-0.39, 0.29) is 53.2 Å². The van der Waals surface area contributed by atoms with E-state index < -0.39 is 0 Å². The van der Waals surface area contributed by atoms with Crippen molar-refractivity contribution in [1.29, 1.82) is 0 Å². The Kier molecular flexibility index (Phi) is 16.1. The van der Waals surface area contributed by atoms with Gasteiger partial charge < -0.3 is 31.3 Å². The summed E-state index contributed by atoms with van der Waals surface area (Å²) >= 11 is 0. The number of nitrogens with one attached hydrogen (secondary N) is 3. The number of hydrogen-bond acceptors (Lipinski definition) is 13. The summed E-state index contributed by atoms with van der Waals surface area (Å²) in [6, 6.07) is 0. The molecule has 13 heteroatoms.